The number of H-pyrrole nitrogens is 1. The van der Waals surface area contributed by atoms with E-state index in [4.69, 9.17) is 5.26 Å². The molecular weight excluding hydrogens is 374 g/mol. The van der Waals surface area contributed by atoms with Crippen molar-refractivity contribution in [1.29, 1.82) is 5.26 Å². The number of aromatic amines is 1. The van der Waals surface area contributed by atoms with Gasteiger partial charge >= 0.3 is 0 Å². The summed E-state index contributed by atoms with van der Waals surface area (Å²) in [6, 6.07) is 1.68. The first-order valence-electron chi connectivity index (χ1n) is 9.48. The number of hydrogen-bond donors (Lipinski definition) is 4. The standard InChI is InChI=1S/C20H23N5O4/c1-4-11(5-2)25-19(28)12-7-6-8-14(15(12)20(25)29)23-24-16-10(3)13(9-21)17(26)22-18(16)27/h6-8,11-12,15,23-24H,4-5H2,1-3H3,(H2,22,26,27). The minimum Gasteiger partial charge on any atom is -0.494 e. The van der Waals surface area contributed by atoms with Crippen LogP contribution in [0.2, 0.25) is 0 Å². The number of likely N-dealkylation sites (tertiary alicyclic amines) is 1. The Morgan fingerprint density at radius 1 is 1.24 bits per heavy atom. The Kier molecular flexibility index (Phi) is 5.46. The van der Waals surface area contributed by atoms with Gasteiger partial charge in [-0.25, -0.2) is 0 Å². The highest BCUT2D eigenvalue weighted by atomic mass is 16.3. The van der Waals surface area contributed by atoms with Gasteiger partial charge in [-0.15, -0.1) is 0 Å². The lowest BCUT2D eigenvalue weighted by atomic mass is 9.88. The van der Waals surface area contributed by atoms with E-state index in [2.05, 4.69) is 15.8 Å². The molecule has 2 aliphatic rings. The second-order valence-corrected chi connectivity index (χ2v) is 7.07. The molecule has 2 unspecified atom stereocenters. The van der Waals surface area contributed by atoms with Gasteiger partial charge in [-0.2, -0.15) is 5.26 Å². The Hall–Kier alpha value is -3.54. The topological polar surface area (TPSA) is 138 Å². The summed E-state index contributed by atoms with van der Waals surface area (Å²) >= 11 is 0. The Balaban J connectivity index is 1.87. The molecule has 0 spiro atoms. The van der Waals surface area contributed by atoms with E-state index in [0.29, 0.717) is 18.5 Å². The summed E-state index contributed by atoms with van der Waals surface area (Å²) in [7, 11) is 0. The van der Waals surface area contributed by atoms with E-state index in [9.17, 15) is 19.5 Å². The molecule has 0 radical (unpaired) electrons. The molecule has 9 nitrogen and oxygen atoms in total. The van der Waals surface area contributed by atoms with Gasteiger partial charge in [0.2, 0.25) is 17.7 Å². The van der Waals surface area contributed by atoms with Crippen LogP contribution in [-0.2, 0) is 9.59 Å². The lowest BCUT2D eigenvalue weighted by Crippen LogP contribution is -2.40. The third-order valence-electron chi connectivity index (χ3n) is 5.51. The molecule has 0 aromatic carbocycles. The van der Waals surface area contributed by atoms with Crippen molar-refractivity contribution in [2.24, 2.45) is 11.8 Å². The average Bonchev–Trinajstić information content (AvgIpc) is 2.95. The third-order valence-corrected chi connectivity index (χ3v) is 5.51. The van der Waals surface area contributed by atoms with E-state index in [-0.39, 0.29) is 34.7 Å². The number of carbonyl (C=O) groups excluding carboxylic acids is 2. The van der Waals surface area contributed by atoms with Crippen molar-refractivity contribution in [3.05, 3.63) is 45.4 Å². The van der Waals surface area contributed by atoms with Crippen molar-refractivity contribution in [2.75, 3.05) is 5.43 Å². The van der Waals surface area contributed by atoms with E-state index in [0.717, 1.165) is 0 Å². The quantitative estimate of drug-likeness (QED) is 0.421. The molecule has 9 heteroatoms. The van der Waals surface area contributed by atoms with Gasteiger partial charge in [0.05, 0.1) is 11.8 Å². The molecule has 1 aliphatic heterocycles. The number of carbonyl (C=O) groups is 2. The van der Waals surface area contributed by atoms with Gasteiger partial charge in [0.1, 0.15) is 17.3 Å². The number of rotatable bonds is 6. The summed E-state index contributed by atoms with van der Waals surface area (Å²) < 4.78 is 0. The summed E-state index contributed by atoms with van der Waals surface area (Å²) in [5.41, 5.74) is 5.66. The van der Waals surface area contributed by atoms with E-state index in [1.54, 1.807) is 18.2 Å². The number of amides is 2. The number of aromatic nitrogens is 1. The van der Waals surface area contributed by atoms with Crippen molar-refractivity contribution >= 4 is 17.5 Å². The first kappa shape index (κ1) is 20.2. The number of nitrogens with one attached hydrogen (secondary N) is 3. The predicted octanol–water partition coefficient (Wildman–Crippen LogP) is 1.42. The number of nitrogens with zero attached hydrogens (tertiary/aromatic N) is 2. The zero-order valence-electron chi connectivity index (χ0n) is 16.4. The molecule has 2 heterocycles. The van der Waals surface area contributed by atoms with Crippen molar-refractivity contribution in [1.82, 2.24) is 15.3 Å². The van der Waals surface area contributed by atoms with Crippen LogP contribution in [0.4, 0.5) is 5.69 Å². The lowest BCUT2D eigenvalue weighted by molar-refractivity contribution is -0.142. The molecule has 1 saturated heterocycles. The molecule has 2 amide bonds. The van der Waals surface area contributed by atoms with Gasteiger partial charge < -0.3 is 10.5 Å². The Labute approximate surface area is 167 Å². The summed E-state index contributed by atoms with van der Waals surface area (Å²) in [5.74, 6) is -2.29. The van der Waals surface area contributed by atoms with Crippen LogP contribution in [0.5, 0.6) is 5.88 Å². The summed E-state index contributed by atoms with van der Waals surface area (Å²) in [6.07, 6.45) is 6.44. The Bertz CT molecular complexity index is 1010. The molecule has 29 heavy (non-hydrogen) atoms. The molecular formula is C20H23N5O4. The lowest BCUT2D eigenvalue weighted by Gasteiger charge is -2.25. The van der Waals surface area contributed by atoms with E-state index >= 15 is 0 Å². The van der Waals surface area contributed by atoms with Gasteiger partial charge in [-0.3, -0.25) is 29.7 Å². The number of anilines is 1. The Morgan fingerprint density at radius 2 is 1.93 bits per heavy atom. The second-order valence-electron chi connectivity index (χ2n) is 7.07. The Morgan fingerprint density at radius 3 is 2.55 bits per heavy atom. The number of fused-ring (bicyclic) bond motifs is 1. The first-order chi connectivity index (χ1) is 13.8. The maximum Gasteiger partial charge on any atom is 0.276 e. The highest BCUT2D eigenvalue weighted by Crippen LogP contribution is 2.36. The second kappa shape index (κ2) is 7.83. The SMILES string of the molecule is CCC(CC)N1C(=O)C2C=CC=C(NNc3c(C)c(C#N)c(O)[nH]c3=O)C2C1=O. The van der Waals surface area contributed by atoms with Gasteiger partial charge in [-0.1, -0.05) is 26.0 Å². The van der Waals surface area contributed by atoms with E-state index in [1.165, 1.54) is 11.8 Å². The number of pyridine rings is 1. The van der Waals surface area contributed by atoms with Gasteiger partial charge in [0, 0.05) is 17.3 Å². The van der Waals surface area contributed by atoms with Crippen LogP contribution in [0.1, 0.15) is 37.8 Å². The minimum absolute atomic E-state index is 0.0416. The van der Waals surface area contributed by atoms with Crippen molar-refractivity contribution in [2.45, 2.75) is 39.7 Å². The third kappa shape index (κ3) is 3.27. The van der Waals surface area contributed by atoms with E-state index < -0.39 is 23.3 Å². The largest absolute Gasteiger partial charge is 0.494 e. The average molecular weight is 397 g/mol. The van der Waals surface area contributed by atoms with Crippen LogP contribution >= 0.6 is 0 Å². The van der Waals surface area contributed by atoms with Crippen molar-refractivity contribution < 1.29 is 14.7 Å². The van der Waals surface area contributed by atoms with Crippen LogP contribution in [0, 0.1) is 30.1 Å². The molecule has 1 aromatic heterocycles. The molecule has 1 aliphatic carbocycles. The molecule has 0 bridgehead atoms. The normalized spacial score (nSPS) is 20.5. The number of hydrazine groups is 1. The fourth-order valence-corrected chi connectivity index (χ4v) is 3.88. The molecule has 152 valence electrons. The fourth-order valence-electron chi connectivity index (χ4n) is 3.88. The van der Waals surface area contributed by atoms with E-state index in [1.807, 2.05) is 19.9 Å². The summed E-state index contributed by atoms with van der Waals surface area (Å²) in [4.78, 5) is 41.6. The predicted molar refractivity (Wildman–Crippen MR) is 105 cm³/mol. The first-order valence-corrected chi connectivity index (χ1v) is 9.48. The maximum atomic E-state index is 13.0. The summed E-state index contributed by atoms with van der Waals surface area (Å²) in [5, 5.41) is 18.9. The molecule has 1 fully saturated rings. The number of nitriles is 1. The van der Waals surface area contributed by atoms with Crippen LogP contribution in [0.25, 0.3) is 0 Å². The van der Waals surface area contributed by atoms with Gasteiger partial charge in [-0.05, 0) is 25.8 Å². The summed E-state index contributed by atoms with van der Waals surface area (Å²) in [6.45, 7) is 5.40. The number of imide groups is 1. The molecule has 0 saturated carbocycles. The van der Waals surface area contributed by atoms with Crippen LogP contribution in [-0.4, -0.2) is 32.8 Å². The highest BCUT2D eigenvalue weighted by molar-refractivity contribution is 6.08. The van der Waals surface area contributed by atoms with Crippen molar-refractivity contribution in [3.8, 4) is 11.9 Å². The molecule has 3 rings (SSSR count). The molecule has 2 atom stereocenters. The van der Waals surface area contributed by atoms with Crippen LogP contribution < -0.4 is 16.4 Å². The maximum absolute atomic E-state index is 13.0. The smallest absolute Gasteiger partial charge is 0.276 e. The zero-order chi connectivity index (χ0) is 21.3. The van der Waals surface area contributed by atoms with Crippen LogP contribution in [0.15, 0.2) is 28.7 Å². The highest BCUT2D eigenvalue weighted by Gasteiger charge is 2.50. The number of aromatic hydroxyl groups is 1. The molecule has 4 N–H and O–H groups in total. The van der Waals surface area contributed by atoms with Crippen molar-refractivity contribution in [3.63, 3.8) is 0 Å². The van der Waals surface area contributed by atoms with Crippen LogP contribution in [0.3, 0.4) is 0 Å². The number of hydrogen-bond acceptors (Lipinski definition) is 7. The van der Waals surface area contributed by atoms with Gasteiger partial charge in [0.15, 0.2) is 0 Å². The van der Waals surface area contributed by atoms with Gasteiger partial charge in [0.25, 0.3) is 5.56 Å². The fraction of sp³-hybridized carbons (Fsp3) is 0.400. The monoisotopic (exact) mass is 397 g/mol. The minimum atomic E-state index is -0.701. The number of allylic oxidation sites excluding steroid dienone is 2. The zero-order valence-corrected chi connectivity index (χ0v) is 16.4. The molecule has 1 aromatic rings.